The van der Waals surface area contributed by atoms with E-state index >= 15 is 0 Å². The first-order chi connectivity index (χ1) is 12.0. The zero-order chi connectivity index (χ0) is 18.0. The van der Waals surface area contributed by atoms with Crippen molar-refractivity contribution >= 4 is 34.3 Å². The van der Waals surface area contributed by atoms with Gasteiger partial charge in [-0.15, -0.1) is 0 Å². The van der Waals surface area contributed by atoms with Crippen LogP contribution in [0.3, 0.4) is 0 Å². The van der Waals surface area contributed by atoms with Gasteiger partial charge in [0.1, 0.15) is 0 Å². The van der Waals surface area contributed by atoms with Crippen LogP contribution in [0.25, 0.3) is 10.9 Å². The highest BCUT2D eigenvalue weighted by molar-refractivity contribution is 7.99. The molecule has 0 radical (unpaired) electrons. The number of aryl methyl sites for hydroxylation is 1. The number of benzene rings is 2. The Labute approximate surface area is 150 Å². The summed E-state index contributed by atoms with van der Waals surface area (Å²) in [6.45, 7) is 1.94. The van der Waals surface area contributed by atoms with Gasteiger partial charge in [-0.05, 0) is 31.2 Å². The average Bonchev–Trinajstić information content (AvgIpc) is 2.64. The minimum Gasteiger partial charge on any atom is -0.315 e. The van der Waals surface area contributed by atoms with Crippen LogP contribution < -0.4 is 10.5 Å². The number of amides is 1. The second-order valence-corrected chi connectivity index (χ2v) is 6.80. The number of anilines is 1. The third-order valence-corrected chi connectivity index (χ3v) is 5.05. The molecule has 0 saturated heterocycles. The van der Waals surface area contributed by atoms with E-state index < -0.39 is 0 Å². The lowest BCUT2D eigenvalue weighted by atomic mass is 10.2. The number of aromatic nitrogens is 2. The molecule has 0 atom stereocenters. The average molecular weight is 353 g/mol. The molecule has 25 heavy (non-hydrogen) atoms. The molecule has 0 aliphatic rings. The molecule has 0 spiro atoms. The van der Waals surface area contributed by atoms with Crippen molar-refractivity contribution in [1.29, 1.82) is 0 Å². The highest BCUT2D eigenvalue weighted by atomic mass is 32.2. The Bertz CT molecular complexity index is 983. The quantitative estimate of drug-likeness (QED) is 0.534. The zero-order valence-electron chi connectivity index (χ0n) is 14.4. The standard InChI is InChI=1S/C19H19N3O2S/c1-13-9-10-16-15(11-13)18(24)22(3)19(20-16)25-12-17(23)21(2)14-7-5-4-6-8-14/h4-11H,12H2,1-3H3. The van der Waals surface area contributed by atoms with Crippen molar-refractivity contribution in [1.82, 2.24) is 9.55 Å². The molecule has 3 rings (SSSR count). The Kier molecular flexibility index (Phi) is 4.90. The summed E-state index contributed by atoms with van der Waals surface area (Å²) in [6.07, 6.45) is 0. The lowest BCUT2D eigenvalue weighted by molar-refractivity contribution is -0.115. The predicted molar refractivity (Wildman–Crippen MR) is 102 cm³/mol. The number of hydrogen-bond donors (Lipinski definition) is 0. The Morgan fingerprint density at radius 3 is 2.64 bits per heavy atom. The number of nitrogens with zero attached hydrogens (tertiary/aromatic N) is 3. The summed E-state index contributed by atoms with van der Waals surface area (Å²) in [7, 11) is 3.43. The maximum Gasteiger partial charge on any atom is 0.261 e. The summed E-state index contributed by atoms with van der Waals surface area (Å²) >= 11 is 1.27. The number of para-hydroxylation sites is 1. The fourth-order valence-electron chi connectivity index (χ4n) is 2.51. The molecule has 2 aromatic carbocycles. The van der Waals surface area contributed by atoms with Crippen molar-refractivity contribution in [3.8, 4) is 0 Å². The molecule has 0 unspecified atom stereocenters. The lowest BCUT2D eigenvalue weighted by Gasteiger charge is -2.17. The van der Waals surface area contributed by atoms with Crippen LogP contribution in [0.5, 0.6) is 0 Å². The van der Waals surface area contributed by atoms with E-state index in [0.717, 1.165) is 11.3 Å². The van der Waals surface area contributed by atoms with E-state index in [2.05, 4.69) is 4.98 Å². The van der Waals surface area contributed by atoms with Crippen molar-refractivity contribution in [3.63, 3.8) is 0 Å². The SMILES string of the molecule is Cc1ccc2nc(SCC(=O)N(C)c3ccccc3)n(C)c(=O)c2c1. The summed E-state index contributed by atoms with van der Waals surface area (Å²) in [5.41, 5.74) is 2.41. The van der Waals surface area contributed by atoms with E-state index in [1.165, 1.54) is 16.3 Å². The molecule has 0 aliphatic carbocycles. The summed E-state index contributed by atoms with van der Waals surface area (Å²) < 4.78 is 1.50. The van der Waals surface area contributed by atoms with Crippen molar-refractivity contribution in [3.05, 3.63) is 64.4 Å². The molecular formula is C19H19N3O2S. The number of carbonyl (C=O) groups excluding carboxylic acids is 1. The molecule has 3 aromatic rings. The first-order valence-electron chi connectivity index (χ1n) is 7.89. The molecule has 0 aliphatic heterocycles. The van der Waals surface area contributed by atoms with Gasteiger partial charge < -0.3 is 4.90 Å². The Morgan fingerprint density at radius 1 is 1.20 bits per heavy atom. The summed E-state index contributed by atoms with van der Waals surface area (Å²) in [5, 5.41) is 1.13. The fourth-order valence-corrected chi connectivity index (χ4v) is 3.40. The molecule has 1 heterocycles. The van der Waals surface area contributed by atoms with Crippen LogP contribution in [0.4, 0.5) is 5.69 Å². The molecule has 6 heteroatoms. The van der Waals surface area contributed by atoms with Gasteiger partial charge in [0, 0.05) is 19.8 Å². The van der Waals surface area contributed by atoms with Crippen LogP contribution in [-0.4, -0.2) is 28.3 Å². The highest BCUT2D eigenvalue weighted by Crippen LogP contribution is 2.19. The number of hydrogen-bond acceptors (Lipinski definition) is 4. The van der Waals surface area contributed by atoms with Crippen molar-refractivity contribution in [2.24, 2.45) is 7.05 Å². The van der Waals surface area contributed by atoms with Crippen LogP contribution in [0.1, 0.15) is 5.56 Å². The van der Waals surface area contributed by atoms with E-state index in [0.29, 0.717) is 16.1 Å². The maximum absolute atomic E-state index is 12.5. The van der Waals surface area contributed by atoms with Gasteiger partial charge >= 0.3 is 0 Å². The maximum atomic E-state index is 12.5. The van der Waals surface area contributed by atoms with E-state index in [9.17, 15) is 9.59 Å². The van der Waals surface area contributed by atoms with Gasteiger partial charge in [0.2, 0.25) is 5.91 Å². The third kappa shape index (κ3) is 3.58. The third-order valence-electron chi connectivity index (χ3n) is 4.03. The molecular weight excluding hydrogens is 334 g/mol. The topological polar surface area (TPSA) is 55.2 Å². The van der Waals surface area contributed by atoms with E-state index in [4.69, 9.17) is 0 Å². The highest BCUT2D eigenvalue weighted by Gasteiger charge is 2.14. The number of thioether (sulfide) groups is 1. The first kappa shape index (κ1) is 17.2. The smallest absolute Gasteiger partial charge is 0.261 e. The molecule has 5 nitrogen and oxygen atoms in total. The molecule has 0 bridgehead atoms. The Balaban J connectivity index is 1.81. The van der Waals surface area contributed by atoms with E-state index in [-0.39, 0.29) is 17.2 Å². The monoisotopic (exact) mass is 353 g/mol. The van der Waals surface area contributed by atoms with Gasteiger partial charge in [-0.2, -0.15) is 0 Å². The van der Waals surface area contributed by atoms with Crippen LogP contribution >= 0.6 is 11.8 Å². The largest absolute Gasteiger partial charge is 0.315 e. The molecule has 0 N–H and O–H groups in total. The Morgan fingerprint density at radius 2 is 1.92 bits per heavy atom. The van der Waals surface area contributed by atoms with Crippen LogP contribution in [-0.2, 0) is 11.8 Å². The van der Waals surface area contributed by atoms with Crippen molar-refractivity contribution in [2.45, 2.75) is 12.1 Å². The van der Waals surface area contributed by atoms with E-state index in [1.807, 2.05) is 55.5 Å². The van der Waals surface area contributed by atoms with Crippen molar-refractivity contribution < 1.29 is 4.79 Å². The number of rotatable bonds is 4. The molecule has 128 valence electrons. The first-order valence-corrected chi connectivity index (χ1v) is 8.87. The van der Waals surface area contributed by atoms with Crippen molar-refractivity contribution in [2.75, 3.05) is 17.7 Å². The van der Waals surface area contributed by atoms with Gasteiger partial charge in [-0.25, -0.2) is 4.98 Å². The molecule has 1 aromatic heterocycles. The number of fused-ring (bicyclic) bond motifs is 1. The molecule has 0 fully saturated rings. The number of carbonyl (C=O) groups is 1. The molecule has 0 saturated carbocycles. The second-order valence-electron chi connectivity index (χ2n) is 5.86. The minimum atomic E-state index is -0.0972. The zero-order valence-corrected chi connectivity index (χ0v) is 15.2. The second kappa shape index (κ2) is 7.11. The fraction of sp³-hybridized carbons (Fsp3) is 0.211. The lowest BCUT2D eigenvalue weighted by Crippen LogP contribution is -2.28. The summed E-state index contributed by atoms with van der Waals surface area (Å²) in [4.78, 5) is 31.1. The Hall–Kier alpha value is -2.60. The van der Waals surface area contributed by atoms with Gasteiger partial charge in [0.25, 0.3) is 5.56 Å². The van der Waals surface area contributed by atoms with Gasteiger partial charge in [-0.3, -0.25) is 14.2 Å². The van der Waals surface area contributed by atoms with Crippen LogP contribution in [0, 0.1) is 6.92 Å². The van der Waals surface area contributed by atoms with E-state index in [1.54, 1.807) is 19.0 Å². The summed E-state index contributed by atoms with van der Waals surface area (Å²) in [5.74, 6) is 0.165. The summed E-state index contributed by atoms with van der Waals surface area (Å²) in [6, 6.07) is 15.1. The van der Waals surface area contributed by atoms with Gasteiger partial charge in [-0.1, -0.05) is 41.6 Å². The van der Waals surface area contributed by atoms with Gasteiger partial charge in [0.05, 0.1) is 16.7 Å². The molecule has 1 amide bonds. The van der Waals surface area contributed by atoms with Crippen LogP contribution in [0.15, 0.2) is 58.5 Å². The minimum absolute atomic E-state index is 0.0468. The van der Waals surface area contributed by atoms with Gasteiger partial charge in [0.15, 0.2) is 5.16 Å². The predicted octanol–water partition coefficient (Wildman–Crippen LogP) is 3.00. The van der Waals surface area contributed by atoms with Crippen LogP contribution in [0.2, 0.25) is 0 Å². The normalized spacial score (nSPS) is 10.8.